The van der Waals surface area contributed by atoms with Crippen LogP contribution in [0.1, 0.15) is 10.4 Å². The first-order chi connectivity index (χ1) is 9.63. The van der Waals surface area contributed by atoms with Crippen LogP contribution in [0.25, 0.3) is 11.0 Å². The minimum absolute atomic E-state index is 0.332. The van der Waals surface area contributed by atoms with Crippen molar-refractivity contribution in [3.8, 4) is 0 Å². The minimum Gasteiger partial charge on any atom is -0.399 e. The van der Waals surface area contributed by atoms with E-state index in [1.807, 2.05) is 24.3 Å². The van der Waals surface area contributed by atoms with Gasteiger partial charge >= 0.3 is 0 Å². The van der Waals surface area contributed by atoms with Crippen LogP contribution in [0.5, 0.6) is 0 Å². The zero-order valence-corrected chi connectivity index (χ0v) is 10.6. The molecule has 0 aliphatic heterocycles. The Morgan fingerprint density at radius 2 is 1.95 bits per heavy atom. The van der Waals surface area contributed by atoms with Crippen LogP contribution in [-0.2, 0) is 0 Å². The number of nitrogens with one attached hydrogen (secondary N) is 2. The lowest BCUT2D eigenvalue weighted by molar-refractivity contribution is 0.102. The Hall–Kier alpha value is -3.02. The molecule has 6 nitrogen and oxygen atoms in total. The number of aromatic nitrogens is 2. The number of fused-ring (bicyclic) bond motifs is 1. The van der Waals surface area contributed by atoms with Crippen LogP contribution in [0, 0.1) is 0 Å². The van der Waals surface area contributed by atoms with Gasteiger partial charge in [-0.2, -0.15) is 0 Å². The average Bonchev–Trinajstić information content (AvgIpc) is 2.80. The van der Waals surface area contributed by atoms with Gasteiger partial charge in [-0.15, -0.1) is 0 Å². The normalized spacial score (nSPS) is 10.6. The van der Waals surface area contributed by atoms with Crippen molar-refractivity contribution in [2.45, 2.75) is 0 Å². The first-order valence-electron chi connectivity index (χ1n) is 6.04. The summed E-state index contributed by atoms with van der Waals surface area (Å²) in [7, 11) is 0. The molecule has 3 aromatic rings. The summed E-state index contributed by atoms with van der Waals surface area (Å²) in [5.41, 5.74) is 14.2. The number of rotatable bonds is 2. The number of amides is 1. The van der Waals surface area contributed by atoms with E-state index in [9.17, 15) is 4.79 Å². The van der Waals surface area contributed by atoms with E-state index >= 15 is 0 Å². The Bertz CT molecular complexity index is 760. The topological polar surface area (TPSA) is 110 Å². The maximum Gasteiger partial charge on any atom is 0.260 e. The molecule has 0 spiro atoms. The molecule has 0 aliphatic carbocycles. The van der Waals surface area contributed by atoms with Gasteiger partial charge in [0.25, 0.3) is 5.91 Å². The monoisotopic (exact) mass is 267 g/mol. The van der Waals surface area contributed by atoms with Crippen LogP contribution in [0.3, 0.4) is 0 Å². The van der Waals surface area contributed by atoms with Crippen LogP contribution < -0.4 is 16.8 Å². The van der Waals surface area contributed by atoms with E-state index in [0.29, 0.717) is 22.9 Å². The first kappa shape index (κ1) is 12.0. The molecule has 0 saturated heterocycles. The van der Waals surface area contributed by atoms with Gasteiger partial charge in [0.15, 0.2) is 0 Å². The van der Waals surface area contributed by atoms with Crippen molar-refractivity contribution in [2.75, 3.05) is 16.8 Å². The molecule has 0 bridgehead atoms. The standard InChI is InChI=1S/C14H13N5O/c15-8-5-6-9(10(16)7-8)13(20)19-14-17-11-3-1-2-4-12(11)18-14/h1-7H,15-16H2,(H2,17,18,19,20). The zero-order chi connectivity index (χ0) is 14.1. The van der Waals surface area contributed by atoms with Gasteiger partial charge in [0, 0.05) is 11.4 Å². The minimum atomic E-state index is -0.332. The quantitative estimate of drug-likeness (QED) is 0.532. The summed E-state index contributed by atoms with van der Waals surface area (Å²) in [5.74, 6) is 0.0500. The lowest BCUT2D eigenvalue weighted by atomic mass is 10.1. The fourth-order valence-electron chi connectivity index (χ4n) is 1.97. The molecule has 0 atom stereocenters. The van der Waals surface area contributed by atoms with Gasteiger partial charge in [0.2, 0.25) is 5.95 Å². The van der Waals surface area contributed by atoms with Crippen LogP contribution in [-0.4, -0.2) is 15.9 Å². The molecule has 1 heterocycles. The predicted molar refractivity (Wildman–Crippen MR) is 79.3 cm³/mol. The number of para-hydroxylation sites is 2. The Kier molecular flexibility index (Phi) is 2.76. The highest BCUT2D eigenvalue weighted by Crippen LogP contribution is 2.18. The van der Waals surface area contributed by atoms with E-state index in [1.54, 1.807) is 18.2 Å². The summed E-state index contributed by atoms with van der Waals surface area (Å²) in [5, 5.41) is 2.68. The Balaban J connectivity index is 1.88. The number of anilines is 3. The molecule has 0 aliphatic rings. The lowest BCUT2D eigenvalue weighted by Gasteiger charge is -2.05. The van der Waals surface area contributed by atoms with Gasteiger partial charge in [-0.3, -0.25) is 10.1 Å². The van der Waals surface area contributed by atoms with E-state index in [0.717, 1.165) is 11.0 Å². The predicted octanol–water partition coefficient (Wildman–Crippen LogP) is 1.98. The second-order valence-electron chi connectivity index (χ2n) is 4.40. The molecule has 1 amide bonds. The molecule has 100 valence electrons. The Morgan fingerprint density at radius 3 is 2.70 bits per heavy atom. The molecular formula is C14H13N5O. The van der Waals surface area contributed by atoms with Gasteiger partial charge in [-0.25, -0.2) is 4.98 Å². The molecule has 3 rings (SSSR count). The summed E-state index contributed by atoms with van der Waals surface area (Å²) in [6, 6.07) is 12.3. The maximum atomic E-state index is 12.1. The number of H-pyrrole nitrogens is 1. The Labute approximate surface area is 114 Å². The van der Waals surface area contributed by atoms with Crippen molar-refractivity contribution < 1.29 is 4.79 Å². The summed E-state index contributed by atoms with van der Waals surface area (Å²) >= 11 is 0. The summed E-state index contributed by atoms with van der Waals surface area (Å²) < 4.78 is 0. The van der Waals surface area contributed by atoms with Crippen molar-refractivity contribution in [1.82, 2.24) is 9.97 Å². The molecule has 0 saturated carbocycles. The van der Waals surface area contributed by atoms with Crippen molar-refractivity contribution in [3.05, 3.63) is 48.0 Å². The third-order valence-corrected chi connectivity index (χ3v) is 2.94. The Morgan fingerprint density at radius 1 is 1.15 bits per heavy atom. The van der Waals surface area contributed by atoms with Gasteiger partial charge in [0.1, 0.15) is 0 Å². The third-order valence-electron chi connectivity index (χ3n) is 2.94. The smallest absolute Gasteiger partial charge is 0.260 e. The molecule has 0 unspecified atom stereocenters. The molecule has 2 aromatic carbocycles. The van der Waals surface area contributed by atoms with Gasteiger partial charge in [-0.1, -0.05) is 12.1 Å². The molecule has 0 radical (unpaired) electrons. The van der Waals surface area contributed by atoms with Crippen molar-refractivity contribution in [2.24, 2.45) is 0 Å². The number of hydrogen-bond acceptors (Lipinski definition) is 4. The highest BCUT2D eigenvalue weighted by Gasteiger charge is 2.12. The number of imidazole rings is 1. The number of carbonyl (C=O) groups is 1. The molecule has 6 N–H and O–H groups in total. The number of nitrogen functional groups attached to an aromatic ring is 2. The fourth-order valence-corrected chi connectivity index (χ4v) is 1.97. The van der Waals surface area contributed by atoms with Gasteiger partial charge in [-0.05, 0) is 30.3 Å². The number of nitrogens with zero attached hydrogens (tertiary/aromatic N) is 1. The maximum absolute atomic E-state index is 12.1. The van der Waals surface area contributed by atoms with E-state index in [2.05, 4.69) is 15.3 Å². The second-order valence-corrected chi connectivity index (χ2v) is 4.40. The van der Waals surface area contributed by atoms with Crippen molar-refractivity contribution >= 4 is 34.3 Å². The lowest BCUT2D eigenvalue weighted by Crippen LogP contribution is -2.15. The second kappa shape index (κ2) is 4.58. The molecule has 1 aromatic heterocycles. The number of carbonyl (C=O) groups excluding carboxylic acids is 1. The fraction of sp³-hybridized carbons (Fsp3) is 0. The summed E-state index contributed by atoms with van der Waals surface area (Å²) in [4.78, 5) is 19.4. The zero-order valence-electron chi connectivity index (χ0n) is 10.6. The van der Waals surface area contributed by atoms with Crippen molar-refractivity contribution in [3.63, 3.8) is 0 Å². The van der Waals surface area contributed by atoms with E-state index < -0.39 is 0 Å². The van der Waals surface area contributed by atoms with Crippen LogP contribution >= 0.6 is 0 Å². The van der Waals surface area contributed by atoms with Gasteiger partial charge < -0.3 is 16.5 Å². The summed E-state index contributed by atoms with van der Waals surface area (Å²) in [6.07, 6.45) is 0. The van der Waals surface area contributed by atoms with E-state index in [-0.39, 0.29) is 5.91 Å². The van der Waals surface area contributed by atoms with Crippen LogP contribution in [0.2, 0.25) is 0 Å². The highest BCUT2D eigenvalue weighted by atomic mass is 16.1. The molecular weight excluding hydrogens is 254 g/mol. The van der Waals surface area contributed by atoms with Crippen LogP contribution in [0.4, 0.5) is 17.3 Å². The first-order valence-corrected chi connectivity index (χ1v) is 6.04. The third kappa shape index (κ3) is 2.14. The molecule has 20 heavy (non-hydrogen) atoms. The van der Waals surface area contributed by atoms with E-state index in [4.69, 9.17) is 11.5 Å². The van der Waals surface area contributed by atoms with Gasteiger partial charge in [0.05, 0.1) is 16.6 Å². The number of nitrogens with two attached hydrogens (primary N) is 2. The molecule has 0 fully saturated rings. The van der Waals surface area contributed by atoms with Crippen molar-refractivity contribution in [1.29, 1.82) is 0 Å². The summed E-state index contributed by atoms with van der Waals surface area (Å²) in [6.45, 7) is 0. The molecule has 6 heteroatoms. The number of benzene rings is 2. The number of hydrogen-bond donors (Lipinski definition) is 4. The average molecular weight is 267 g/mol. The highest BCUT2D eigenvalue weighted by molar-refractivity contribution is 6.07. The largest absolute Gasteiger partial charge is 0.399 e. The van der Waals surface area contributed by atoms with E-state index in [1.165, 1.54) is 0 Å². The van der Waals surface area contributed by atoms with Crippen LogP contribution in [0.15, 0.2) is 42.5 Å². The number of aromatic amines is 1. The SMILES string of the molecule is Nc1ccc(C(=O)Nc2nc3ccccc3[nH]2)c(N)c1.